The molecule has 0 N–H and O–H groups in total. The molecule has 0 saturated carbocycles. The largest absolute Gasteiger partial charge is 0.280 e. The molecule has 2 unspecified atom stereocenters. The first-order valence-electron chi connectivity index (χ1n) is 16.9. The summed E-state index contributed by atoms with van der Waals surface area (Å²) in [6.45, 7) is 0. The van der Waals surface area contributed by atoms with Gasteiger partial charge in [-0.2, -0.15) is 40.7 Å². The highest BCUT2D eigenvalue weighted by Gasteiger charge is 2.39. The highest BCUT2D eigenvalue weighted by molar-refractivity contribution is 6.31. The number of nitrogens with zero attached hydrogens (tertiary/aromatic N) is 8. The van der Waals surface area contributed by atoms with Crippen LogP contribution in [0.15, 0.2) is 188 Å². The molecule has 262 valence electrons. The number of benzene rings is 6. The van der Waals surface area contributed by atoms with E-state index in [1.807, 2.05) is 109 Å². The minimum Gasteiger partial charge on any atom is -0.269 e. The standard InChI is InChI=1S/C42H28Cl2N8O2/c43-31-15-23-35(24-16-31)51-41(53)39(37(49-51)29-7-3-1-4-8-29)47-45-33-19-11-27(12-20-33)28-13-21-34(22-14-28)46-48-40-38(30-9-5-2-6-10-30)50-52(42(40)54)36-25-17-32(44)18-26-36/h1-26,39-40H. The number of amides is 2. The zero-order valence-electron chi connectivity index (χ0n) is 28.3. The third kappa shape index (κ3) is 7.20. The van der Waals surface area contributed by atoms with Gasteiger partial charge in [0.05, 0.1) is 22.7 Å². The van der Waals surface area contributed by atoms with Gasteiger partial charge in [0.1, 0.15) is 11.4 Å². The number of azo groups is 2. The molecule has 54 heavy (non-hydrogen) atoms. The summed E-state index contributed by atoms with van der Waals surface area (Å²) >= 11 is 12.1. The lowest BCUT2D eigenvalue weighted by molar-refractivity contribution is -0.118. The molecule has 8 rings (SSSR count). The second kappa shape index (κ2) is 15.2. The lowest BCUT2D eigenvalue weighted by atomic mass is 10.0. The van der Waals surface area contributed by atoms with E-state index in [4.69, 9.17) is 23.2 Å². The zero-order chi connectivity index (χ0) is 37.0. The molecule has 6 aromatic carbocycles. The zero-order valence-corrected chi connectivity index (χ0v) is 29.8. The van der Waals surface area contributed by atoms with Gasteiger partial charge in [0.2, 0.25) is 0 Å². The third-order valence-electron chi connectivity index (χ3n) is 8.75. The van der Waals surface area contributed by atoms with Crippen molar-refractivity contribution in [3.05, 3.63) is 179 Å². The van der Waals surface area contributed by atoms with E-state index in [0.29, 0.717) is 44.2 Å². The maximum absolute atomic E-state index is 13.5. The van der Waals surface area contributed by atoms with Gasteiger partial charge in [0, 0.05) is 21.2 Å². The second-order valence-electron chi connectivity index (χ2n) is 12.3. The Hall–Kier alpha value is -6.62. The van der Waals surface area contributed by atoms with Crippen molar-refractivity contribution < 1.29 is 9.59 Å². The monoisotopic (exact) mass is 746 g/mol. The molecule has 2 aliphatic rings. The second-order valence-corrected chi connectivity index (χ2v) is 13.2. The molecule has 0 fully saturated rings. The number of rotatable bonds is 9. The molecule has 0 spiro atoms. The average Bonchev–Trinajstić information content (AvgIpc) is 3.73. The number of hydrazone groups is 2. The summed E-state index contributed by atoms with van der Waals surface area (Å²) < 4.78 is 0. The predicted molar refractivity (Wildman–Crippen MR) is 212 cm³/mol. The van der Waals surface area contributed by atoms with Crippen LogP contribution in [0, 0.1) is 0 Å². The van der Waals surface area contributed by atoms with E-state index in [1.165, 1.54) is 10.0 Å². The van der Waals surface area contributed by atoms with E-state index >= 15 is 0 Å². The Balaban J connectivity index is 0.973. The van der Waals surface area contributed by atoms with Crippen molar-refractivity contribution in [3.8, 4) is 11.1 Å². The van der Waals surface area contributed by atoms with Crippen LogP contribution in [0.2, 0.25) is 10.0 Å². The van der Waals surface area contributed by atoms with Gasteiger partial charge in [-0.05, 0) is 83.9 Å². The number of halogens is 2. The van der Waals surface area contributed by atoms with E-state index in [-0.39, 0.29) is 11.8 Å². The first kappa shape index (κ1) is 34.5. The van der Waals surface area contributed by atoms with Crippen LogP contribution < -0.4 is 10.0 Å². The molecule has 10 nitrogen and oxygen atoms in total. The van der Waals surface area contributed by atoms with Crippen LogP contribution >= 0.6 is 23.2 Å². The van der Waals surface area contributed by atoms with Gasteiger partial charge in [0.15, 0.2) is 12.1 Å². The quantitative estimate of drug-likeness (QED) is 0.137. The van der Waals surface area contributed by atoms with Gasteiger partial charge in [-0.25, -0.2) is 0 Å². The minimum atomic E-state index is -0.917. The van der Waals surface area contributed by atoms with Crippen molar-refractivity contribution in [2.45, 2.75) is 12.1 Å². The van der Waals surface area contributed by atoms with Gasteiger partial charge in [-0.1, -0.05) is 108 Å². The predicted octanol–water partition coefficient (Wildman–Crippen LogP) is 10.5. The molecule has 0 aromatic heterocycles. The first-order valence-corrected chi connectivity index (χ1v) is 17.7. The molecule has 2 atom stereocenters. The Bertz CT molecular complexity index is 2260. The Morgan fingerprint density at radius 2 is 0.778 bits per heavy atom. The molecule has 2 amide bonds. The lowest BCUT2D eigenvalue weighted by Gasteiger charge is -2.12. The summed E-state index contributed by atoms with van der Waals surface area (Å²) in [4.78, 5) is 27.1. The molecule has 2 heterocycles. The summed E-state index contributed by atoms with van der Waals surface area (Å²) in [6.07, 6.45) is 0. The van der Waals surface area contributed by atoms with E-state index in [0.717, 1.165) is 22.3 Å². The van der Waals surface area contributed by atoms with E-state index in [9.17, 15) is 9.59 Å². The van der Waals surface area contributed by atoms with E-state index in [1.54, 1.807) is 48.5 Å². The van der Waals surface area contributed by atoms with Gasteiger partial charge >= 0.3 is 0 Å². The number of hydrogen-bond acceptors (Lipinski definition) is 8. The van der Waals surface area contributed by atoms with Gasteiger partial charge in [0.25, 0.3) is 11.8 Å². The van der Waals surface area contributed by atoms with Crippen LogP contribution in [-0.2, 0) is 9.59 Å². The fraction of sp³-hybridized carbons (Fsp3) is 0.0476. The van der Waals surface area contributed by atoms with E-state index < -0.39 is 12.1 Å². The highest BCUT2D eigenvalue weighted by atomic mass is 35.5. The van der Waals surface area contributed by atoms with E-state index in [2.05, 4.69) is 30.7 Å². The SMILES string of the molecule is O=C1C(N=Nc2ccc(-c3ccc(N=NC4C(=O)N(c5ccc(Cl)cc5)N=C4c4ccccc4)cc3)cc2)C(c2ccccc2)=NN1c1ccc(Cl)cc1. The normalized spacial score (nSPS) is 17.1. The topological polar surface area (TPSA) is 115 Å². The molecule has 0 bridgehead atoms. The Morgan fingerprint density at radius 3 is 1.13 bits per heavy atom. The maximum atomic E-state index is 13.5. The number of carbonyl (C=O) groups excluding carboxylic acids is 2. The fourth-order valence-corrected chi connectivity index (χ4v) is 6.22. The summed E-state index contributed by atoms with van der Waals surface area (Å²) in [6, 6.07) is 46.0. The van der Waals surface area contributed by atoms with Crippen LogP contribution in [-0.4, -0.2) is 35.3 Å². The van der Waals surface area contributed by atoms with Crippen LogP contribution in [0.3, 0.4) is 0 Å². The molecule has 2 aliphatic heterocycles. The van der Waals surface area contributed by atoms with Gasteiger partial charge < -0.3 is 0 Å². The van der Waals surface area contributed by atoms with Crippen molar-refractivity contribution in [2.24, 2.45) is 30.7 Å². The van der Waals surface area contributed by atoms with Crippen molar-refractivity contribution in [1.82, 2.24) is 0 Å². The fourth-order valence-electron chi connectivity index (χ4n) is 5.97. The van der Waals surface area contributed by atoms with Crippen LogP contribution in [0.1, 0.15) is 11.1 Å². The van der Waals surface area contributed by atoms with Crippen molar-refractivity contribution in [3.63, 3.8) is 0 Å². The van der Waals surface area contributed by atoms with Gasteiger partial charge in [-0.15, -0.1) is 0 Å². The average molecular weight is 748 g/mol. The van der Waals surface area contributed by atoms with Gasteiger partial charge in [-0.3, -0.25) is 9.59 Å². The maximum Gasteiger partial charge on any atom is 0.280 e. The molecular formula is C42H28Cl2N8O2. The highest BCUT2D eigenvalue weighted by Crippen LogP contribution is 2.31. The Morgan fingerprint density at radius 1 is 0.426 bits per heavy atom. The third-order valence-corrected chi connectivity index (χ3v) is 9.25. The van der Waals surface area contributed by atoms with Crippen LogP contribution in [0.25, 0.3) is 11.1 Å². The molecule has 0 radical (unpaired) electrons. The number of carbonyl (C=O) groups is 2. The van der Waals surface area contributed by atoms with Crippen molar-refractivity contribution in [2.75, 3.05) is 10.0 Å². The molecule has 0 saturated heterocycles. The lowest BCUT2D eigenvalue weighted by Crippen LogP contribution is -2.30. The molecule has 0 aliphatic carbocycles. The van der Waals surface area contributed by atoms with Crippen molar-refractivity contribution in [1.29, 1.82) is 0 Å². The van der Waals surface area contributed by atoms with Crippen LogP contribution in [0.5, 0.6) is 0 Å². The number of hydrogen-bond donors (Lipinski definition) is 0. The smallest absolute Gasteiger partial charge is 0.269 e. The van der Waals surface area contributed by atoms with Crippen molar-refractivity contribution >= 4 is 69.2 Å². The summed E-state index contributed by atoms with van der Waals surface area (Å²) in [5.74, 6) is -0.623. The molecule has 6 aromatic rings. The Labute approximate surface area is 320 Å². The number of anilines is 2. The first-order chi connectivity index (χ1) is 26.4. The Kier molecular flexibility index (Phi) is 9.67. The summed E-state index contributed by atoms with van der Waals surface area (Å²) in [7, 11) is 0. The minimum absolute atomic E-state index is 0.312. The summed E-state index contributed by atoms with van der Waals surface area (Å²) in [5, 5.41) is 30.8. The molecular weight excluding hydrogens is 719 g/mol. The van der Waals surface area contributed by atoms with Crippen LogP contribution in [0.4, 0.5) is 22.7 Å². The molecule has 12 heteroatoms. The summed E-state index contributed by atoms with van der Waals surface area (Å²) in [5.41, 5.74) is 6.81.